The molecule has 0 atom stereocenters. The van der Waals surface area contributed by atoms with Crippen LogP contribution in [0.4, 0.5) is 0 Å². The van der Waals surface area contributed by atoms with E-state index in [1.165, 1.54) is 4.90 Å². The number of piperazine rings is 1. The highest BCUT2D eigenvalue weighted by molar-refractivity contribution is 5.77. The van der Waals surface area contributed by atoms with E-state index in [1.54, 1.807) is 4.90 Å². The lowest BCUT2D eigenvalue weighted by atomic mass is 10.3. The third-order valence-electron chi connectivity index (χ3n) is 3.42. The lowest BCUT2D eigenvalue weighted by molar-refractivity contribution is -0.896. The maximum Gasteiger partial charge on any atom is 0.277 e. The molecule has 2 fully saturated rings. The summed E-state index contributed by atoms with van der Waals surface area (Å²) in [7, 11) is 0. The number of quaternary nitrogens is 1. The summed E-state index contributed by atoms with van der Waals surface area (Å²) in [5.41, 5.74) is 0. The first kappa shape index (κ1) is 12.3. The summed E-state index contributed by atoms with van der Waals surface area (Å²) in [6, 6.07) is 0. The highest BCUT2D eigenvalue weighted by Gasteiger charge is 2.24. The van der Waals surface area contributed by atoms with Crippen LogP contribution in [-0.2, 0) is 14.3 Å². The van der Waals surface area contributed by atoms with Gasteiger partial charge < -0.3 is 19.4 Å². The van der Waals surface area contributed by atoms with E-state index in [9.17, 15) is 9.59 Å². The van der Waals surface area contributed by atoms with Crippen LogP contribution in [0.2, 0.25) is 0 Å². The zero-order chi connectivity index (χ0) is 12.1. The van der Waals surface area contributed by atoms with E-state index >= 15 is 0 Å². The molecule has 2 saturated heterocycles. The second kappa shape index (κ2) is 5.97. The third-order valence-corrected chi connectivity index (χ3v) is 3.42. The number of ether oxygens (including phenoxy) is 1. The first-order valence-electron chi connectivity index (χ1n) is 6.18. The first-order chi connectivity index (χ1) is 8.29. The summed E-state index contributed by atoms with van der Waals surface area (Å²) < 4.78 is 5.22. The molecule has 1 N–H and O–H groups in total. The van der Waals surface area contributed by atoms with Crippen molar-refractivity contribution in [1.82, 2.24) is 9.80 Å². The van der Waals surface area contributed by atoms with Gasteiger partial charge in [-0.05, 0) is 0 Å². The molecule has 2 heterocycles. The first-order valence-corrected chi connectivity index (χ1v) is 6.18. The highest BCUT2D eigenvalue weighted by atomic mass is 16.5. The van der Waals surface area contributed by atoms with E-state index in [0.717, 1.165) is 32.6 Å². The van der Waals surface area contributed by atoms with Crippen molar-refractivity contribution in [3.05, 3.63) is 0 Å². The number of carbonyl (C=O) groups is 2. The molecular formula is C11H20N3O3+. The van der Waals surface area contributed by atoms with Gasteiger partial charge in [-0.2, -0.15) is 0 Å². The van der Waals surface area contributed by atoms with E-state index in [4.69, 9.17) is 4.74 Å². The molecular weight excluding hydrogens is 222 g/mol. The van der Waals surface area contributed by atoms with E-state index < -0.39 is 0 Å². The van der Waals surface area contributed by atoms with Crippen molar-refractivity contribution < 1.29 is 19.2 Å². The molecule has 0 spiro atoms. The van der Waals surface area contributed by atoms with Gasteiger partial charge in [-0.25, -0.2) is 0 Å². The Bertz CT molecular complexity index is 271. The molecule has 0 aromatic rings. The van der Waals surface area contributed by atoms with Crippen molar-refractivity contribution in [2.45, 2.75) is 0 Å². The van der Waals surface area contributed by atoms with Gasteiger partial charge in [0.1, 0.15) is 0 Å². The van der Waals surface area contributed by atoms with Gasteiger partial charge in [-0.1, -0.05) is 0 Å². The second-order valence-electron chi connectivity index (χ2n) is 4.56. The van der Waals surface area contributed by atoms with Gasteiger partial charge in [0.25, 0.3) is 5.91 Å². The van der Waals surface area contributed by atoms with Crippen LogP contribution in [0.25, 0.3) is 0 Å². The summed E-state index contributed by atoms with van der Waals surface area (Å²) in [5.74, 6) is 0.211. The number of hydrogen-bond donors (Lipinski definition) is 1. The Morgan fingerprint density at radius 3 is 2.41 bits per heavy atom. The summed E-state index contributed by atoms with van der Waals surface area (Å²) >= 11 is 0. The van der Waals surface area contributed by atoms with Gasteiger partial charge in [-0.15, -0.1) is 0 Å². The third kappa shape index (κ3) is 3.41. The van der Waals surface area contributed by atoms with E-state index in [1.807, 2.05) is 4.90 Å². The average Bonchev–Trinajstić information content (AvgIpc) is 2.40. The SMILES string of the molecule is O=CN1CC[NH+](CC(=O)N2CCOCC2)CC1. The van der Waals surface area contributed by atoms with Gasteiger partial charge in [0.2, 0.25) is 6.41 Å². The number of nitrogens with one attached hydrogen (secondary N) is 1. The van der Waals surface area contributed by atoms with E-state index in [-0.39, 0.29) is 5.91 Å². The predicted molar refractivity (Wildman–Crippen MR) is 60.6 cm³/mol. The Morgan fingerprint density at radius 1 is 1.18 bits per heavy atom. The molecule has 0 radical (unpaired) electrons. The van der Waals surface area contributed by atoms with E-state index in [0.29, 0.717) is 32.8 Å². The van der Waals surface area contributed by atoms with Crippen LogP contribution >= 0.6 is 0 Å². The number of carbonyl (C=O) groups excluding carboxylic acids is 2. The lowest BCUT2D eigenvalue weighted by Gasteiger charge is -2.32. The molecule has 96 valence electrons. The number of amides is 2. The van der Waals surface area contributed by atoms with Crippen molar-refractivity contribution in [1.29, 1.82) is 0 Å². The Balaban J connectivity index is 1.73. The van der Waals surface area contributed by atoms with Crippen LogP contribution in [-0.4, -0.2) is 81.1 Å². The van der Waals surface area contributed by atoms with E-state index in [2.05, 4.69) is 0 Å². The Morgan fingerprint density at radius 2 is 1.82 bits per heavy atom. The van der Waals surface area contributed by atoms with Gasteiger partial charge in [-0.3, -0.25) is 9.59 Å². The maximum absolute atomic E-state index is 12.0. The number of hydrogen-bond acceptors (Lipinski definition) is 3. The predicted octanol–water partition coefficient (Wildman–Crippen LogP) is -2.80. The monoisotopic (exact) mass is 242 g/mol. The van der Waals surface area contributed by atoms with Crippen LogP contribution in [0, 0.1) is 0 Å². The van der Waals surface area contributed by atoms with Crippen LogP contribution in [0.1, 0.15) is 0 Å². The van der Waals surface area contributed by atoms with Crippen molar-refractivity contribution in [2.24, 2.45) is 0 Å². The lowest BCUT2D eigenvalue weighted by Crippen LogP contribution is -3.15. The zero-order valence-electron chi connectivity index (χ0n) is 10.1. The number of morpholine rings is 1. The van der Waals surface area contributed by atoms with Crippen molar-refractivity contribution in [2.75, 3.05) is 59.0 Å². The summed E-state index contributed by atoms with van der Waals surface area (Å²) in [6.07, 6.45) is 0.889. The highest BCUT2D eigenvalue weighted by Crippen LogP contribution is 1.96. The Hall–Kier alpha value is -1.14. The summed E-state index contributed by atoms with van der Waals surface area (Å²) in [6.45, 7) is 6.54. The van der Waals surface area contributed by atoms with Crippen LogP contribution in [0.3, 0.4) is 0 Å². The summed E-state index contributed by atoms with van der Waals surface area (Å²) in [5, 5.41) is 0. The fourth-order valence-corrected chi connectivity index (χ4v) is 2.26. The molecule has 0 unspecified atom stereocenters. The van der Waals surface area contributed by atoms with Gasteiger partial charge >= 0.3 is 0 Å². The molecule has 2 amide bonds. The molecule has 0 aliphatic carbocycles. The quantitative estimate of drug-likeness (QED) is 0.544. The van der Waals surface area contributed by atoms with Gasteiger partial charge in [0, 0.05) is 13.1 Å². The minimum absolute atomic E-state index is 0.211. The van der Waals surface area contributed by atoms with Crippen molar-refractivity contribution in [3.63, 3.8) is 0 Å². The molecule has 2 rings (SSSR count). The fourth-order valence-electron chi connectivity index (χ4n) is 2.26. The Labute approximate surface area is 101 Å². The van der Waals surface area contributed by atoms with Crippen LogP contribution in [0.5, 0.6) is 0 Å². The number of rotatable bonds is 3. The molecule has 0 saturated carbocycles. The normalized spacial score (nSPS) is 22.6. The zero-order valence-corrected chi connectivity index (χ0v) is 10.1. The van der Waals surface area contributed by atoms with Crippen LogP contribution in [0.15, 0.2) is 0 Å². The smallest absolute Gasteiger partial charge is 0.277 e. The molecule has 0 aromatic heterocycles. The van der Waals surface area contributed by atoms with Crippen molar-refractivity contribution >= 4 is 12.3 Å². The fraction of sp³-hybridized carbons (Fsp3) is 0.818. The molecule has 2 aliphatic rings. The van der Waals surface area contributed by atoms with Gasteiger partial charge in [0.05, 0.1) is 39.4 Å². The Kier molecular flexibility index (Phi) is 4.33. The minimum atomic E-state index is 0.211. The number of nitrogens with zero attached hydrogens (tertiary/aromatic N) is 2. The average molecular weight is 242 g/mol. The molecule has 6 nitrogen and oxygen atoms in total. The van der Waals surface area contributed by atoms with Gasteiger partial charge in [0.15, 0.2) is 6.54 Å². The standard InChI is InChI=1S/C11H19N3O3/c15-10-13-3-1-12(2-4-13)9-11(16)14-5-7-17-8-6-14/h10H,1-9H2/p+1. The maximum atomic E-state index is 12.0. The van der Waals surface area contributed by atoms with Crippen LogP contribution < -0.4 is 4.90 Å². The molecule has 0 aromatic carbocycles. The molecule has 2 aliphatic heterocycles. The molecule has 0 bridgehead atoms. The second-order valence-corrected chi connectivity index (χ2v) is 4.56. The summed E-state index contributed by atoms with van der Waals surface area (Å²) in [4.78, 5) is 27.5. The molecule has 6 heteroatoms. The van der Waals surface area contributed by atoms with Crippen molar-refractivity contribution in [3.8, 4) is 0 Å². The minimum Gasteiger partial charge on any atom is -0.378 e. The largest absolute Gasteiger partial charge is 0.378 e. The molecule has 17 heavy (non-hydrogen) atoms. The topological polar surface area (TPSA) is 54.3 Å².